The largest absolute Gasteiger partial charge is 0.404 e. The molecule has 0 aliphatic carbocycles. The fourth-order valence-electron chi connectivity index (χ4n) is 1.15. The van der Waals surface area contributed by atoms with Crippen molar-refractivity contribution in [1.82, 2.24) is 9.78 Å². The number of unbranched alkanes of at least 4 members (excludes halogenated alkanes) is 2. The minimum absolute atomic E-state index is 0.110. The van der Waals surface area contributed by atoms with Crippen LogP contribution in [-0.2, 0) is 6.54 Å². The standard InChI is InChI=1S/C8H12BrN3O2/c1-2-3-4-5-11-6-7(9)8(10-11)12(13)14/h6H,2-5H2,1H3. The molecule has 1 aromatic heterocycles. The predicted octanol–water partition coefficient (Wildman–Crippen LogP) is 2.74. The van der Waals surface area contributed by atoms with E-state index in [-0.39, 0.29) is 5.82 Å². The first-order chi connectivity index (χ1) is 6.65. The zero-order valence-corrected chi connectivity index (χ0v) is 9.53. The van der Waals surface area contributed by atoms with Gasteiger partial charge in [-0.1, -0.05) is 19.8 Å². The summed E-state index contributed by atoms with van der Waals surface area (Å²) in [6.07, 6.45) is 4.89. The van der Waals surface area contributed by atoms with Crippen LogP contribution >= 0.6 is 15.9 Å². The lowest BCUT2D eigenvalue weighted by Gasteiger charge is -1.94. The number of aromatic nitrogens is 2. The zero-order chi connectivity index (χ0) is 10.6. The summed E-state index contributed by atoms with van der Waals surface area (Å²) in [6.45, 7) is 2.85. The molecule has 0 aliphatic heterocycles. The second kappa shape index (κ2) is 5.09. The van der Waals surface area contributed by atoms with Crippen molar-refractivity contribution in [3.05, 3.63) is 20.8 Å². The summed E-state index contributed by atoms with van der Waals surface area (Å²) in [5.74, 6) is -0.110. The van der Waals surface area contributed by atoms with Crippen molar-refractivity contribution in [2.45, 2.75) is 32.7 Å². The van der Waals surface area contributed by atoms with Crippen molar-refractivity contribution in [1.29, 1.82) is 0 Å². The van der Waals surface area contributed by atoms with E-state index in [1.54, 1.807) is 10.9 Å². The Bertz CT molecular complexity index is 324. The molecule has 0 saturated heterocycles. The van der Waals surface area contributed by atoms with Crippen LogP contribution in [0, 0.1) is 10.1 Å². The molecular weight excluding hydrogens is 250 g/mol. The first-order valence-corrected chi connectivity index (χ1v) is 5.31. The molecular formula is C8H12BrN3O2. The van der Waals surface area contributed by atoms with Crippen LogP contribution in [0.25, 0.3) is 0 Å². The molecule has 6 heteroatoms. The van der Waals surface area contributed by atoms with Crippen LogP contribution < -0.4 is 0 Å². The minimum Gasteiger partial charge on any atom is -0.358 e. The van der Waals surface area contributed by atoms with Crippen LogP contribution in [0.4, 0.5) is 5.82 Å². The van der Waals surface area contributed by atoms with Crippen LogP contribution in [0.2, 0.25) is 0 Å². The second-order valence-corrected chi connectivity index (χ2v) is 3.88. The van der Waals surface area contributed by atoms with E-state index in [4.69, 9.17) is 0 Å². The molecule has 1 aromatic rings. The van der Waals surface area contributed by atoms with Crippen molar-refractivity contribution >= 4 is 21.7 Å². The summed E-state index contributed by atoms with van der Waals surface area (Å²) in [7, 11) is 0. The van der Waals surface area contributed by atoms with Crippen LogP contribution in [0.3, 0.4) is 0 Å². The van der Waals surface area contributed by atoms with Gasteiger partial charge in [-0.2, -0.15) is 4.68 Å². The first kappa shape index (κ1) is 11.2. The van der Waals surface area contributed by atoms with E-state index in [0.29, 0.717) is 4.47 Å². The molecule has 0 fully saturated rings. The Morgan fingerprint density at radius 1 is 1.64 bits per heavy atom. The van der Waals surface area contributed by atoms with Crippen molar-refractivity contribution in [3.8, 4) is 0 Å². The summed E-state index contributed by atoms with van der Waals surface area (Å²) in [5, 5.41) is 14.3. The van der Waals surface area contributed by atoms with Gasteiger partial charge in [0, 0.05) is 0 Å². The SMILES string of the molecule is CCCCCn1cc(Br)c([N+](=O)[O-])n1. The van der Waals surface area contributed by atoms with E-state index in [1.165, 1.54) is 0 Å². The van der Waals surface area contributed by atoms with Gasteiger partial charge in [-0.25, -0.2) is 0 Å². The van der Waals surface area contributed by atoms with Gasteiger partial charge in [0.05, 0.1) is 17.8 Å². The average molecular weight is 262 g/mol. The van der Waals surface area contributed by atoms with Crippen LogP contribution in [-0.4, -0.2) is 14.7 Å². The predicted molar refractivity (Wildman–Crippen MR) is 56.1 cm³/mol. The lowest BCUT2D eigenvalue weighted by atomic mass is 10.2. The molecule has 0 aromatic carbocycles. The molecule has 0 atom stereocenters. The molecule has 1 rings (SSSR count). The number of nitro groups is 1. The maximum atomic E-state index is 10.5. The molecule has 1 heterocycles. The third-order valence-corrected chi connectivity index (χ3v) is 2.42. The van der Waals surface area contributed by atoms with Crippen LogP contribution in [0.5, 0.6) is 0 Å². The topological polar surface area (TPSA) is 61.0 Å². The summed E-state index contributed by atoms with van der Waals surface area (Å²) in [6, 6.07) is 0. The van der Waals surface area contributed by atoms with E-state index in [2.05, 4.69) is 28.0 Å². The molecule has 14 heavy (non-hydrogen) atoms. The Hall–Kier alpha value is -0.910. The van der Waals surface area contributed by atoms with Gasteiger partial charge in [0.15, 0.2) is 0 Å². The lowest BCUT2D eigenvalue weighted by molar-refractivity contribution is -0.390. The van der Waals surface area contributed by atoms with E-state index in [1.807, 2.05) is 0 Å². The van der Waals surface area contributed by atoms with Gasteiger partial charge in [0.2, 0.25) is 0 Å². The molecule has 78 valence electrons. The van der Waals surface area contributed by atoms with Crippen LogP contribution in [0.15, 0.2) is 10.7 Å². The Labute approximate surface area is 90.4 Å². The van der Waals surface area contributed by atoms with Gasteiger partial charge in [0.1, 0.15) is 4.47 Å². The lowest BCUT2D eigenvalue weighted by Crippen LogP contribution is -1.99. The van der Waals surface area contributed by atoms with E-state index in [9.17, 15) is 10.1 Å². The van der Waals surface area contributed by atoms with E-state index < -0.39 is 4.92 Å². The number of rotatable bonds is 5. The van der Waals surface area contributed by atoms with Gasteiger partial charge in [-0.3, -0.25) is 0 Å². The van der Waals surface area contributed by atoms with Gasteiger partial charge in [-0.05, 0) is 27.3 Å². The first-order valence-electron chi connectivity index (χ1n) is 4.52. The third-order valence-electron chi connectivity index (χ3n) is 1.86. The Kier molecular flexibility index (Phi) is 4.06. The van der Waals surface area contributed by atoms with Crippen molar-refractivity contribution < 1.29 is 4.92 Å². The minimum atomic E-state index is -0.486. The smallest absolute Gasteiger partial charge is 0.358 e. The molecule has 0 bridgehead atoms. The van der Waals surface area contributed by atoms with Gasteiger partial charge >= 0.3 is 5.82 Å². The monoisotopic (exact) mass is 261 g/mol. The van der Waals surface area contributed by atoms with E-state index >= 15 is 0 Å². The number of hydrogen-bond acceptors (Lipinski definition) is 3. The number of hydrogen-bond donors (Lipinski definition) is 0. The van der Waals surface area contributed by atoms with Gasteiger partial charge in [-0.15, -0.1) is 0 Å². The quantitative estimate of drug-likeness (QED) is 0.465. The average Bonchev–Trinajstić information content (AvgIpc) is 2.47. The molecule has 0 aliphatic rings. The van der Waals surface area contributed by atoms with E-state index in [0.717, 1.165) is 25.8 Å². The fraction of sp³-hybridized carbons (Fsp3) is 0.625. The summed E-state index contributed by atoms with van der Waals surface area (Å²) in [4.78, 5) is 9.98. The number of halogens is 1. The maximum absolute atomic E-state index is 10.5. The highest BCUT2D eigenvalue weighted by Gasteiger charge is 2.17. The number of nitrogens with zero attached hydrogens (tertiary/aromatic N) is 3. The molecule has 5 nitrogen and oxygen atoms in total. The van der Waals surface area contributed by atoms with Crippen LogP contribution in [0.1, 0.15) is 26.2 Å². The zero-order valence-electron chi connectivity index (χ0n) is 7.94. The Morgan fingerprint density at radius 2 is 2.36 bits per heavy atom. The molecule has 0 spiro atoms. The van der Waals surface area contributed by atoms with Crippen molar-refractivity contribution in [2.24, 2.45) is 0 Å². The Balaban J connectivity index is 2.62. The molecule has 0 N–H and O–H groups in total. The number of aryl methyl sites for hydroxylation is 1. The summed E-state index contributed by atoms with van der Waals surface area (Å²) < 4.78 is 2.05. The molecule has 0 unspecified atom stereocenters. The van der Waals surface area contributed by atoms with Gasteiger partial charge in [0.25, 0.3) is 0 Å². The highest BCUT2D eigenvalue weighted by molar-refractivity contribution is 9.10. The van der Waals surface area contributed by atoms with Gasteiger partial charge < -0.3 is 10.1 Å². The summed E-state index contributed by atoms with van der Waals surface area (Å²) in [5.41, 5.74) is 0. The molecule has 0 saturated carbocycles. The second-order valence-electron chi connectivity index (χ2n) is 3.03. The molecule has 0 radical (unpaired) electrons. The highest BCUT2D eigenvalue weighted by Crippen LogP contribution is 2.22. The highest BCUT2D eigenvalue weighted by atomic mass is 79.9. The normalized spacial score (nSPS) is 10.4. The Morgan fingerprint density at radius 3 is 2.86 bits per heavy atom. The summed E-state index contributed by atoms with van der Waals surface area (Å²) >= 11 is 3.10. The maximum Gasteiger partial charge on any atom is 0.404 e. The van der Waals surface area contributed by atoms with Crippen molar-refractivity contribution in [2.75, 3.05) is 0 Å². The molecule has 0 amide bonds. The third kappa shape index (κ3) is 2.80. The fourth-order valence-corrected chi connectivity index (χ4v) is 1.61. The van der Waals surface area contributed by atoms with Crippen molar-refractivity contribution in [3.63, 3.8) is 0 Å².